The molecule has 0 bridgehead atoms. The Hall–Kier alpha value is -0.610. The van der Waals surface area contributed by atoms with Crippen molar-refractivity contribution in [3.05, 3.63) is 0 Å². The Morgan fingerprint density at radius 1 is 1.60 bits per heavy atom. The summed E-state index contributed by atoms with van der Waals surface area (Å²) in [4.78, 5) is 13.5. The fourth-order valence-electron chi connectivity index (χ4n) is 1.45. The average molecular weight is 215 g/mol. The minimum Gasteiger partial charge on any atom is -0.464 e. The Balaban J connectivity index is 2.34. The number of hydrogen-bond donors (Lipinski definition) is 1. The summed E-state index contributed by atoms with van der Waals surface area (Å²) in [6.45, 7) is 9.09. The van der Waals surface area contributed by atoms with Gasteiger partial charge in [-0.15, -0.1) is 0 Å². The van der Waals surface area contributed by atoms with Crippen LogP contribution < -0.4 is 0 Å². The van der Waals surface area contributed by atoms with Crippen LogP contribution in [0.3, 0.4) is 0 Å². The number of carbonyl (C=O) groups excluding carboxylic acids is 1. The molecule has 1 rings (SSSR count). The van der Waals surface area contributed by atoms with E-state index in [2.05, 4.69) is 0 Å². The van der Waals surface area contributed by atoms with Gasteiger partial charge in [-0.05, 0) is 19.8 Å². The van der Waals surface area contributed by atoms with E-state index >= 15 is 0 Å². The van der Waals surface area contributed by atoms with E-state index in [0.717, 1.165) is 0 Å². The lowest BCUT2D eigenvalue weighted by molar-refractivity contribution is -0.145. The van der Waals surface area contributed by atoms with Gasteiger partial charge in [0.05, 0.1) is 13.2 Å². The van der Waals surface area contributed by atoms with Crippen LogP contribution in [-0.2, 0) is 9.53 Å². The van der Waals surface area contributed by atoms with Crippen molar-refractivity contribution >= 4 is 5.97 Å². The van der Waals surface area contributed by atoms with E-state index in [1.165, 1.54) is 0 Å². The summed E-state index contributed by atoms with van der Waals surface area (Å²) < 4.78 is 5.14. The van der Waals surface area contributed by atoms with Crippen LogP contribution in [0.15, 0.2) is 0 Å². The van der Waals surface area contributed by atoms with Gasteiger partial charge in [-0.25, -0.2) is 0 Å². The van der Waals surface area contributed by atoms with Crippen molar-refractivity contribution in [2.45, 2.75) is 39.3 Å². The molecule has 4 nitrogen and oxygen atoms in total. The van der Waals surface area contributed by atoms with Gasteiger partial charge in [0.25, 0.3) is 0 Å². The summed E-state index contributed by atoms with van der Waals surface area (Å²) in [5.74, 6) is 0.206. The second-order valence-electron chi connectivity index (χ2n) is 5.16. The second kappa shape index (κ2) is 4.49. The lowest BCUT2D eigenvalue weighted by atomic mass is 10.1. The molecule has 1 fully saturated rings. The number of ether oxygens (including phenoxy) is 1. The van der Waals surface area contributed by atoms with Gasteiger partial charge in [0, 0.05) is 12.1 Å². The van der Waals surface area contributed by atoms with E-state index in [1.807, 2.05) is 32.6 Å². The number of aliphatic hydroxyl groups excluding tert-OH is 1. The van der Waals surface area contributed by atoms with Gasteiger partial charge >= 0.3 is 5.97 Å². The maximum atomic E-state index is 11.5. The maximum absolute atomic E-state index is 11.5. The van der Waals surface area contributed by atoms with Crippen LogP contribution in [0.25, 0.3) is 0 Å². The second-order valence-corrected chi connectivity index (χ2v) is 5.16. The fraction of sp³-hybridized carbons (Fsp3) is 0.909. The molecule has 0 aromatic heterocycles. The number of esters is 1. The highest BCUT2D eigenvalue weighted by Crippen LogP contribution is 2.29. The SMILES string of the molecule is CC(C)COC(=O)C1CN1C(C)(C)CO. The minimum absolute atomic E-state index is 0.0565. The van der Waals surface area contributed by atoms with Crippen molar-refractivity contribution in [1.82, 2.24) is 4.90 Å². The predicted molar refractivity (Wildman–Crippen MR) is 57.5 cm³/mol. The third-order valence-electron chi connectivity index (χ3n) is 2.61. The zero-order valence-electron chi connectivity index (χ0n) is 9.99. The van der Waals surface area contributed by atoms with Crippen molar-refractivity contribution in [2.75, 3.05) is 19.8 Å². The summed E-state index contributed by atoms with van der Waals surface area (Å²) in [6, 6.07) is -0.147. The summed E-state index contributed by atoms with van der Waals surface area (Å²) >= 11 is 0. The summed E-state index contributed by atoms with van der Waals surface area (Å²) in [5, 5.41) is 9.13. The number of carbonyl (C=O) groups is 1. The lowest BCUT2D eigenvalue weighted by Crippen LogP contribution is -2.37. The Kier molecular flexibility index (Phi) is 3.73. The largest absolute Gasteiger partial charge is 0.464 e. The Labute approximate surface area is 91.2 Å². The maximum Gasteiger partial charge on any atom is 0.324 e. The zero-order valence-corrected chi connectivity index (χ0v) is 9.99. The highest BCUT2D eigenvalue weighted by atomic mass is 16.5. The highest BCUT2D eigenvalue weighted by molar-refractivity contribution is 5.79. The van der Waals surface area contributed by atoms with Crippen LogP contribution in [-0.4, -0.2) is 47.3 Å². The van der Waals surface area contributed by atoms with Crippen LogP contribution >= 0.6 is 0 Å². The molecule has 88 valence electrons. The first-order valence-electron chi connectivity index (χ1n) is 5.42. The molecule has 0 aromatic rings. The van der Waals surface area contributed by atoms with E-state index < -0.39 is 0 Å². The smallest absolute Gasteiger partial charge is 0.324 e. The van der Waals surface area contributed by atoms with Crippen molar-refractivity contribution in [3.8, 4) is 0 Å². The quantitative estimate of drug-likeness (QED) is 0.540. The van der Waals surface area contributed by atoms with E-state index in [1.54, 1.807) is 0 Å². The molecule has 2 atom stereocenters. The number of nitrogens with zero attached hydrogens (tertiary/aromatic N) is 1. The lowest BCUT2D eigenvalue weighted by Gasteiger charge is -2.24. The molecule has 1 aliphatic rings. The molecule has 0 radical (unpaired) electrons. The number of hydrogen-bond acceptors (Lipinski definition) is 4. The molecule has 4 heteroatoms. The Bertz CT molecular complexity index is 238. The minimum atomic E-state index is -0.318. The van der Waals surface area contributed by atoms with Gasteiger partial charge in [-0.1, -0.05) is 13.8 Å². The standard InChI is InChI=1S/C11H21NO3/c1-8(2)6-15-10(14)9-5-12(9)11(3,4)7-13/h8-9,13H,5-7H2,1-4H3. The van der Waals surface area contributed by atoms with Crippen molar-refractivity contribution in [2.24, 2.45) is 5.92 Å². The first-order chi connectivity index (χ1) is 6.88. The van der Waals surface area contributed by atoms with E-state index in [-0.39, 0.29) is 24.2 Å². The van der Waals surface area contributed by atoms with Crippen molar-refractivity contribution in [3.63, 3.8) is 0 Å². The Morgan fingerprint density at radius 2 is 2.20 bits per heavy atom. The van der Waals surface area contributed by atoms with Gasteiger partial charge in [0.1, 0.15) is 6.04 Å². The van der Waals surface area contributed by atoms with Crippen LogP contribution in [0.2, 0.25) is 0 Å². The van der Waals surface area contributed by atoms with E-state index in [9.17, 15) is 4.79 Å². The molecule has 0 amide bonds. The molecule has 0 saturated carbocycles. The monoisotopic (exact) mass is 215 g/mol. The molecule has 2 unspecified atom stereocenters. The topological polar surface area (TPSA) is 49.5 Å². The normalized spacial score (nSPS) is 25.5. The van der Waals surface area contributed by atoms with Gasteiger partial charge in [-0.3, -0.25) is 9.69 Å². The van der Waals surface area contributed by atoms with Crippen LogP contribution in [0.1, 0.15) is 27.7 Å². The molecule has 15 heavy (non-hydrogen) atoms. The van der Waals surface area contributed by atoms with Gasteiger partial charge in [0.15, 0.2) is 0 Å². The highest BCUT2D eigenvalue weighted by Gasteiger charge is 2.49. The van der Waals surface area contributed by atoms with E-state index in [4.69, 9.17) is 9.84 Å². The molecular formula is C11H21NO3. The summed E-state index contributed by atoms with van der Waals surface area (Å²) in [7, 11) is 0. The summed E-state index contributed by atoms with van der Waals surface area (Å²) in [6.07, 6.45) is 0. The first-order valence-corrected chi connectivity index (χ1v) is 5.42. The molecule has 0 aliphatic carbocycles. The molecule has 0 spiro atoms. The fourth-order valence-corrected chi connectivity index (χ4v) is 1.45. The average Bonchev–Trinajstić information content (AvgIpc) is 2.94. The van der Waals surface area contributed by atoms with Crippen molar-refractivity contribution < 1.29 is 14.6 Å². The van der Waals surface area contributed by atoms with Crippen LogP contribution in [0, 0.1) is 5.92 Å². The molecule has 1 heterocycles. The predicted octanol–water partition coefficient (Wildman–Crippen LogP) is 0.641. The Morgan fingerprint density at radius 3 is 2.67 bits per heavy atom. The van der Waals surface area contributed by atoms with Gasteiger partial charge in [0.2, 0.25) is 0 Å². The molecule has 0 aromatic carbocycles. The molecular weight excluding hydrogens is 194 g/mol. The van der Waals surface area contributed by atoms with Crippen molar-refractivity contribution in [1.29, 1.82) is 0 Å². The van der Waals surface area contributed by atoms with Crippen LogP contribution in [0.5, 0.6) is 0 Å². The van der Waals surface area contributed by atoms with Crippen LogP contribution in [0.4, 0.5) is 0 Å². The zero-order chi connectivity index (χ0) is 11.6. The summed E-state index contributed by atoms with van der Waals surface area (Å²) in [5.41, 5.74) is -0.318. The first kappa shape index (κ1) is 12.5. The third-order valence-corrected chi connectivity index (χ3v) is 2.61. The van der Waals surface area contributed by atoms with Gasteiger partial charge in [-0.2, -0.15) is 0 Å². The molecule has 1 N–H and O–H groups in total. The molecule has 1 saturated heterocycles. The van der Waals surface area contributed by atoms with Gasteiger partial charge < -0.3 is 9.84 Å². The third kappa shape index (κ3) is 3.18. The number of aliphatic hydroxyl groups is 1. The number of rotatable bonds is 5. The van der Waals surface area contributed by atoms with E-state index in [0.29, 0.717) is 19.1 Å². The molecule has 1 aliphatic heterocycles.